The smallest absolute Gasteiger partial charge is 0.308 e. The van der Waals surface area contributed by atoms with Crippen LogP contribution in [0, 0.1) is 0 Å². The van der Waals surface area contributed by atoms with Crippen LogP contribution in [0.3, 0.4) is 0 Å². The molecule has 0 spiro atoms. The molecule has 0 aromatic carbocycles. The molecule has 0 rings (SSSR count). The van der Waals surface area contributed by atoms with Gasteiger partial charge in [0.05, 0.1) is 25.7 Å². The second-order valence-electron chi connectivity index (χ2n) is 6.56. The van der Waals surface area contributed by atoms with Gasteiger partial charge in [-0.05, 0) is 31.5 Å². The average molecular weight is 290 g/mol. The molecule has 0 aliphatic rings. The Labute approximate surface area is 118 Å². The monoisotopic (exact) mass is 290 g/mol. The fourth-order valence-corrected chi connectivity index (χ4v) is 2.87. The predicted octanol–water partition coefficient (Wildman–Crippen LogP) is 3.36. The van der Waals surface area contributed by atoms with E-state index in [1.807, 2.05) is 6.92 Å². The van der Waals surface area contributed by atoms with Gasteiger partial charge in [0.15, 0.2) is 8.32 Å². The van der Waals surface area contributed by atoms with Crippen molar-refractivity contribution in [2.45, 2.75) is 70.9 Å². The summed E-state index contributed by atoms with van der Waals surface area (Å²) in [6.07, 6.45) is 0.928. The summed E-state index contributed by atoms with van der Waals surface area (Å²) < 4.78 is 16.3. The Morgan fingerprint density at radius 3 is 2.11 bits per heavy atom. The summed E-state index contributed by atoms with van der Waals surface area (Å²) in [5.41, 5.74) is 0. The van der Waals surface area contributed by atoms with Crippen LogP contribution in [0.2, 0.25) is 18.1 Å². The molecule has 0 saturated heterocycles. The molecule has 0 heterocycles. The fraction of sp³-hybridized carbons (Fsp3) is 0.929. The molecular weight excluding hydrogens is 260 g/mol. The molecule has 5 heteroatoms. The predicted molar refractivity (Wildman–Crippen MR) is 79.8 cm³/mol. The van der Waals surface area contributed by atoms with E-state index < -0.39 is 8.32 Å². The highest BCUT2D eigenvalue weighted by atomic mass is 28.4. The summed E-state index contributed by atoms with van der Waals surface area (Å²) in [5.74, 6) is -0.230. The van der Waals surface area contributed by atoms with Crippen molar-refractivity contribution in [3.8, 4) is 0 Å². The first-order valence-electron chi connectivity index (χ1n) is 6.81. The lowest BCUT2D eigenvalue weighted by molar-refractivity contribution is -0.142. The number of hydrogen-bond donors (Lipinski definition) is 0. The van der Waals surface area contributed by atoms with Gasteiger partial charge in [0, 0.05) is 7.11 Å². The van der Waals surface area contributed by atoms with Crippen LogP contribution in [0.4, 0.5) is 0 Å². The SMILES string of the molecule is COC(=O)CC(CC(C)OC)O[Si](C)(C)C(C)(C)C. The molecule has 114 valence electrons. The Balaban J connectivity index is 4.79. The standard InChI is InChI=1S/C14H30O4Si/c1-11(16-5)9-12(10-13(15)17-6)18-19(7,8)14(2,3)4/h11-12H,9-10H2,1-8H3. The molecule has 2 unspecified atom stereocenters. The molecule has 0 aromatic heterocycles. The van der Waals surface area contributed by atoms with Gasteiger partial charge in [-0.1, -0.05) is 20.8 Å². The zero-order valence-corrected chi connectivity index (χ0v) is 14.7. The third kappa shape index (κ3) is 6.54. The summed E-state index contributed by atoms with van der Waals surface area (Å²) in [6.45, 7) is 12.9. The van der Waals surface area contributed by atoms with E-state index in [2.05, 4.69) is 33.9 Å². The lowest BCUT2D eigenvalue weighted by atomic mass is 10.1. The number of carbonyl (C=O) groups is 1. The fourth-order valence-electron chi connectivity index (χ4n) is 1.50. The first-order valence-corrected chi connectivity index (χ1v) is 9.71. The Morgan fingerprint density at radius 1 is 1.21 bits per heavy atom. The summed E-state index contributed by atoms with van der Waals surface area (Å²) in [7, 11) is 1.19. The minimum atomic E-state index is -1.89. The van der Waals surface area contributed by atoms with E-state index in [1.165, 1.54) is 7.11 Å². The third-order valence-electron chi connectivity index (χ3n) is 3.89. The first-order chi connectivity index (χ1) is 8.53. The van der Waals surface area contributed by atoms with E-state index in [-0.39, 0.29) is 29.6 Å². The maximum absolute atomic E-state index is 11.5. The molecule has 19 heavy (non-hydrogen) atoms. The first kappa shape index (κ1) is 18.6. The normalized spacial score (nSPS) is 16.0. The van der Waals surface area contributed by atoms with Crippen LogP contribution in [-0.4, -0.2) is 40.7 Å². The van der Waals surface area contributed by atoms with Gasteiger partial charge >= 0.3 is 5.97 Å². The highest BCUT2D eigenvalue weighted by molar-refractivity contribution is 6.74. The van der Waals surface area contributed by atoms with E-state index in [0.717, 1.165) is 0 Å². The van der Waals surface area contributed by atoms with Crippen LogP contribution in [-0.2, 0) is 18.7 Å². The third-order valence-corrected chi connectivity index (χ3v) is 8.42. The van der Waals surface area contributed by atoms with Gasteiger partial charge in [0.1, 0.15) is 0 Å². The van der Waals surface area contributed by atoms with Crippen LogP contribution in [0.5, 0.6) is 0 Å². The minimum Gasteiger partial charge on any atom is -0.469 e. The van der Waals surface area contributed by atoms with Crippen molar-refractivity contribution in [2.24, 2.45) is 0 Å². The maximum Gasteiger partial charge on any atom is 0.308 e. The zero-order chi connectivity index (χ0) is 15.3. The number of ether oxygens (including phenoxy) is 2. The molecule has 0 amide bonds. The Bertz CT molecular complexity index is 284. The second-order valence-corrected chi connectivity index (χ2v) is 11.3. The topological polar surface area (TPSA) is 44.8 Å². The number of carbonyl (C=O) groups excluding carboxylic acids is 1. The summed E-state index contributed by atoms with van der Waals surface area (Å²) in [5, 5.41) is 0.123. The number of rotatable bonds is 7. The van der Waals surface area contributed by atoms with E-state index in [9.17, 15) is 4.79 Å². The highest BCUT2D eigenvalue weighted by Gasteiger charge is 2.39. The van der Waals surface area contributed by atoms with Gasteiger partial charge in [-0.25, -0.2) is 0 Å². The summed E-state index contributed by atoms with van der Waals surface area (Å²) in [6, 6.07) is 0. The summed E-state index contributed by atoms with van der Waals surface area (Å²) >= 11 is 0. The molecule has 0 aliphatic carbocycles. The molecule has 0 N–H and O–H groups in total. The van der Waals surface area contributed by atoms with Gasteiger partial charge in [-0.15, -0.1) is 0 Å². The molecule has 0 bridgehead atoms. The van der Waals surface area contributed by atoms with Crippen LogP contribution in [0.15, 0.2) is 0 Å². The highest BCUT2D eigenvalue weighted by Crippen LogP contribution is 2.38. The van der Waals surface area contributed by atoms with Crippen LogP contribution < -0.4 is 0 Å². The van der Waals surface area contributed by atoms with Crippen molar-refractivity contribution in [3.63, 3.8) is 0 Å². The van der Waals surface area contributed by atoms with Crippen molar-refractivity contribution < 1.29 is 18.7 Å². The van der Waals surface area contributed by atoms with Crippen LogP contribution in [0.1, 0.15) is 40.5 Å². The molecule has 0 aromatic rings. The minimum absolute atomic E-state index is 0.0689. The van der Waals surface area contributed by atoms with Crippen LogP contribution in [0.25, 0.3) is 0 Å². The molecular formula is C14H30O4Si. The van der Waals surface area contributed by atoms with Gasteiger partial charge < -0.3 is 13.9 Å². The number of esters is 1. The van der Waals surface area contributed by atoms with Gasteiger partial charge in [0.25, 0.3) is 0 Å². The van der Waals surface area contributed by atoms with Crippen molar-refractivity contribution in [2.75, 3.05) is 14.2 Å². The van der Waals surface area contributed by atoms with E-state index in [4.69, 9.17) is 13.9 Å². The van der Waals surface area contributed by atoms with E-state index in [1.54, 1.807) is 7.11 Å². The molecule has 0 fully saturated rings. The van der Waals surface area contributed by atoms with Gasteiger partial charge in [0.2, 0.25) is 0 Å². The van der Waals surface area contributed by atoms with Crippen molar-refractivity contribution >= 4 is 14.3 Å². The quantitative estimate of drug-likeness (QED) is 0.533. The zero-order valence-electron chi connectivity index (χ0n) is 13.7. The number of methoxy groups -OCH3 is 2. The second kappa shape index (κ2) is 7.41. The maximum atomic E-state index is 11.5. The van der Waals surface area contributed by atoms with Gasteiger partial charge in [-0.3, -0.25) is 4.79 Å². The Kier molecular flexibility index (Phi) is 7.25. The largest absolute Gasteiger partial charge is 0.469 e. The molecule has 0 aliphatic heterocycles. The van der Waals surface area contributed by atoms with Crippen molar-refractivity contribution in [3.05, 3.63) is 0 Å². The van der Waals surface area contributed by atoms with Crippen molar-refractivity contribution in [1.82, 2.24) is 0 Å². The molecule has 2 atom stereocenters. The molecule has 0 radical (unpaired) electrons. The van der Waals surface area contributed by atoms with E-state index in [0.29, 0.717) is 6.42 Å². The van der Waals surface area contributed by atoms with Crippen molar-refractivity contribution in [1.29, 1.82) is 0 Å². The lowest BCUT2D eigenvalue weighted by Gasteiger charge is -2.39. The average Bonchev–Trinajstić information content (AvgIpc) is 2.26. The molecule has 0 saturated carbocycles. The Morgan fingerprint density at radius 2 is 1.74 bits per heavy atom. The Hall–Kier alpha value is -0.393. The van der Waals surface area contributed by atoms with Crippen LogP contribution >= 0.6 is 0 Å². The van der Waals surface area contributed by atoms with Gasteiger partial charge in [-0.2, -0.15) is 0 Å². The van der Waals surface area contributed by atoms with E-state index >= 15 is 0 Å². The number of hydrogen-bond acceptors (Lipinski definition) is 4. The summed E-state index contributed by atoms with van der Waals surface area (Å²) in [4.78, 5) is 11.5. The lowest BCUT2D eigenvalue weighted by Crippen LogP contribution is -2.45. The molecule has 4 nitrogen and oxygen atoms in total.